The lowest BCUT2D eigenvalue weighted by molar-refractivity contribution is -0.134. The summed E-state index contributed by atoms with van der Waals surface area (Å²) >= 11 is 5.81. The Balaban J connectivity index is 1.33. The number of carbonyl (C=O) groups is 3. The summed E-state index contributed by atoms with van der Waals surface area (Å²) in [5.41, 5.74) is 0.534. The van der Waals surface area contributed by atoms with Crippen molar-refractivity contribution in [1.82, 2.24) is 15.4 Å². The number of rotatable bonds is 7. The molecular formula is C21H25ClN4O4. The number of hydrogen-bond donors (Lipinski definition) is 2. The van der Waals surface area contributed by atoms with E-state index in [2.05, 4.69) is 15.8 Å². The van der Waals surface area contributed by atoms with Gasteiger partial charge >= 0.3 is 0 Å². The molecule has 2 aromatic rings. The summed E-state index contributed by atoms with van der Waals surface area (Å²) in [6.45, 7) is 3.27. The molecule has 0 saturated carbocycles. The highest BCUT2D eigenvalue weighted by Gasteiger charge is 2.27. The second-order valence-electron chi connectivity index (χ2n) is 7.33. The maximum absolute atomic E-state index is 12.4. The van der Waals surface area contributed by atoms with Crippen molar-refractivity contribution in [3.63, 3.8) is 0 Å². The van der Waals surface area contributed by atoms with Crippen LogP contribution in [-0.4, -0.2) is 47.4 Å². The predicted molar refractivity (Wildman–Crippen MR) is 112 cm³/mol. The summed E-state index contributed by atoms with van der Waals surface area (Å²) in [6.07, 6.45) is 2.14. The summed E-state index contributed by atoms with van der Waals surface area (Å²) in [7, 11) is 0. The second kappa shape index (κ2) is 10.2. The van der Waals surface area contributed by atoms with E-state index in [0.717, 1.165) is 0 Å². The van der Waals surface area contributed by atoms with Crippen molar-refractivity contribution in [2.75, 3.05) is 25.0 Å². The van der Waals surface area contributed by atoms with E-state index in [1.54, 1.807) is 42.2 Å². The first-order chi connectivity index (χ1) is 14.4. The maximum Gasteiger partial charge on any atom is 0.251 e. The van der Waals surface area contributed by atoms with Gasteiger partial charge in [-0.25, -0.2) is 0 Å². The van der Waals surface area contributed by atoms with Crippen molar-refractivity contribution in [2.45, 2.75) is 32.6 Å². The van der Waals surface area contributed by atoms with Gasteiger partial charge in [-0.3, -0.25) is 14.4 Å². The number of nitrogens with zero attached hydrogens (tertiary/aromatic N) is 2. The van der Waals surface area contributed by atoms with E-state index in [9.17, 15) is 14.4 Å². The van der Waals surface area contributed by atoms with Crippen LogP contribution in [0.4, 0.5) is 5.82 Å². The van der Waals surface area contributed by atoms with Crippen LogP contribution in [0, 0.1) is 12.8 Å². The molecule has 0 atom stereocenters. The Bertz CT molecular complexity index is 889. The van der Waals surface area contributed by atoms with Gasteiger partial charge in [-0.15, -0.1) is 0 Å². The fraction of sp³-hybridized carbons (Fsp3) is 0.429. The van der Waals surface area contributed by atoms with Crippen molar-refractivity contribution in [3.8, 4) is 0 Å². The Kier molecular flexibility index (Phi) is 7.46. The minimum atomic E-state index is -0.187. The first-order valence-corrected chi connectivity index (χ1v) is 10.4. The highest BCUT2D eigenvalue weighted by molar-refractivity contribution is 6.30. The minimum absolute atomic E-state index is 0.0433. The van der Waals surface area contributed by atoms with Gasteiger partial charge in [-0.2, -0.15) is 0 Å². The standard InChI is InChI=1S/C21H25ClN4O4/c1-14-13-18(25-30-14)24-21(29)16-8-11-26(12-9-16)19(27)3-2-10-23-20(28)15-4-6-17(22)7-5-15/h4-7,13,16H,2-3,8-12H2,1H3,(H,23,28)(H,24,25,29). The van der Waals surface area contributed by atoms with Gasteiger partial charge < -0.3 is 20.1 Å². The number of anilines is 1. The molecule has 0 bridgehead atoms. The van der Waals surface area contributed by atoms with E-state index < -0.39 is 0 Å². The number of halogens is 1. The van der Waals surface area contributed by atoms with Crippen LogP contribution in [0.3, 0.4) is 0 Å². The van der Waals surface area contributed by atoms with E-state index in [1.807, 2.05) is 0 Å². The number of aryl methyl sites for hydroxylation is 1. The monoisotopic (exact) mass is 432 g/mol. The number of hydrogen-bond acceptors (Lipinski definition) is 5. The molecule has 3 rings (SSSR count). The Morgan fingerprint density at radius 3 is 2.53 bits per heavy atom. The third kappa shape index (κ3) is 6.06. The summed E-state index contributed by atoms with van der Waals surface area (Å²) in [5.74, 6) is 0.659. The topological polar surface area (TPSA) is 105 Å². The summed E-state index contributed by atoms with van der Waals surface area (Å²) in [5, 5.41) is 9.89. The lowest BCUT2D eigenvalue weighted by Gasteiger charge is -2.31. The molecule has 2 heterocycles. The van der Waals surface area contributed by atoms with Crippen LogP contribution in [0.25, 0.3) is 0 Å². The van der Waals surface area contributed by atoms with E-state index in [1.165, 1.54) is 0 Å². The number of piperidine rings is 1. The summed E-state index contributed by atoms with van der Waals surface area (Å²) in [4.78, 5) is 38.5. The molecule has 160 valence electrons. The van der Waals surface area contributed by atoms with Crippen molar-refractivity contribution < 1.29 is 18.9 Å². The molecule has 0 radical (unpaired) electrons. The molecule has 8 nitrogen and oxygen atoms in total. The number of aromatic nitrogens is 1. The van der Waals surface area contributed by atoms with Gasteiger partial charge in [-0.05, 0) is 50.5 Å². The molecule has 1 saturated heterocycles. The largest absolute Gasteiger partial charge is 0.360 e. The highest BCUT2D eigenvalue weighted by atomic mass is 35.5. The summed E-state index contributed by atoms with van der Waals surface area (Å²) in [6, 6.07) is 8.31. The zero-order valence-electron chi connectivity index (χ0n) is 16.8. The molecule has 30 heavy (non-hydrogen) atoms. The fourth-order valence-corrected chi connectivity index (χ4v) is 3.47. The lowest BCUT2D eigenvalue weighted by atomic mass is 9.95. The van der Waals surface area contributed by atoms with Crippen molar-refractivity contribution in [1.29, 1.82) is 0 Å². The van der Waals surface area contributed by atoms with Crippen LogP contribution in [0.5, 0.6) is 0 Å². The van der Waals surface area contributed by atoms with Crippen LogP contribution in [0.1, 0.15) is 41.8 Å². The molecule has 0 aliphatic carbocycles. The molecular weight excluding hydrogens is 408 g/mol. The third-order valence-corrected chi connectivity index (χ3v) is 5.31. The number of amides is 3. The van der Waals surface area contributed by atoms with Crippen LogP contribution < -0.4 is 10.6 Å². The van der Waals surface area contributed by atoms with Gasteiger partial charge in [0.25, 0.3) is 5.91 Å². The molecule has 1 aliphatic heterocycles. The molecule has 1 aromatic carbocycles. The van der Waals surface area contributed by atoms with Gasteiger partial charge in [0, 0.05) is 48.6 Å². The van der Waals surface area contributed by atoms with E-state index >= 15 is 0 Å². The van der Waals surface area contributed by atoms with Gasteiger partial charge in [0.1, 0.15) is 5.76 Å². The smallest absolute Gasteiger partial charge is 0.251 e. The average molecular weight is 433 g/mol. The molecule has 1 aliphatic rings. The maximum atomic E-state index is 12.4. The second-order valence-corrected chi connectivity index (χ2v) is 7.77. The van der Waals surface area contributed by atoms with Gasteiger partial charge in [0.15, 0.2) is 5.82 Å². The molecule has 0 unspecified atom stereocenters. The zero-order valence-corrected chi connectivity index (χ0v) is 17.6. The van der Waals surface area contributed by atoms with Crippen LogP contribution in [0.15, 0.2) is 34.9 Å². The van der Waals surface area contributed by atoms with Gasteiger partial charge in [0.05, 0.1) is 0 Å². The van der Waals surface area contributed by atoms with Crippen molar-refractivity contribution in [3.05, 3.63) is 46.7 Å². The Hall–Kier alpha value is -2.87. The highest BCUT2D eigenvalue weighted by Crippen LogP contribution is 2.20. The Morgan fingerprint density at radius 1 is 1.20 bits per heavy atom. The first kappa shape index (κ1) is 21.8. The first-order valence-electron chi connectivity index (χ1n) is 9.98. The van der Waals surface area contributed by atoms with Gasteiger partial charge in [0.2, 0.25) is 11.8 Å². The zero-order chi connectivity index (χ0) is 21.5. The normalized spacial score (nSPS) is 14.4. The van der Waals surface area contributed by atoms with E-state index in [4.69, 9.17) is 16.1 Å². The third-order valence-electron chi connectivity index (χ3n) is 5.06. The molecule has 3 amide bonds. The van der Waals surface area contributed by atoms with Crippen LogP contribution >= 0.6 is 11.6 Å². The fourth-order valence-electron chi connectivity index (χ4n) is 3.35. The average Bonchev–Trinajstić information content (AvgIpc) is 3.16. The summed E-state index contributed by atoms with van der Waals surface area (Å²) < 4.78 is 4.94. The molecule has 1 fully saturated rings. The molecule has 9 heteroatoms. The number of carbonyl (C=O) groups excluding carboxylic acids is 3. The Morgan fingerprint density at radius 2 is 1.90 bits per heavy atom. The van der Waals surface area contributed by atoms with Crippen molar-refractivity contribution >= 4 is 35.1 Å². The molecule has 0 spiro atoms. The number of nitrogens with one attached hydrogen (secondary N) is 2. The molecule has 1 aromatic heterocycles. The molecule has 2 N–H and O–H groups in total. The van der Waals surface area contributed by atoms with E-state index in [0.29, 0.717) is 67.5 Å². The van der Waals surface area contributed by atoms with Crippen molar-refractivity contribution in [2.24, 2.45) is 5.92 Å². The SMILES string of the molecule is Cc1cc(NC(=O)C2CCN(C(=O)CCCNC(=O)c3ccc(Cl)cc3)CC2)no1. The van der Waals surface area contributed by atoms with Crippen LogP contribution in [0.2, 0.25) is 5.02 Å². The quantitative estimate of drug-likeness (QED) is 0.654. The number of benzene rings is 1. The lowest BCUT2D eigenvalue weighted by Crippen LogP contribution is -2.41. The number of likely N-dealkylation sites (tertiary alicyclic amines) is 1. The minimum Gasteiger partial charge on any atom is -0.360 e. The van der Waals surface area contributed by atoms with Gasteiger partial charge in [-0.1, -0.05) is 16.8 Å². The predicted octanol–water partition coefficient (Wildman–Crippen LogP) is 3.02. The Labute approximate surface area is 179 Å². The van der Waals surface area contributed by atoms with E-state index in [-0.39, 0.29) is 23.6 Å². The van der Waals surface area contributed by atoms with Crippen LogP contribution in [-0.2, 0) is 9.59 Å².